The molecular formula is C21H22N2O5. The Morgan fingerprint density at radius 1 is 1.14 bits per heavy atom. The minimum atomic E-state index is -0.663. The topological polar surface area (TPSA) is 98.5 Å². The first-order valence-electron chi connectivity index (χ1n) is 8.90. The predicted octanol–water partition coefficient (Wildman–Crippen LogP) is 3.46. The summed E-state index contributed by atoms with van der Waals surface area (Å²) < 4.78 is 4.91. The van der Waals surface area contributed by atoms with Crippen molar-refractivity contribution in [1.29, 1.82) is 0 Å². The van der Waals surface area contributed by atoms with Gasteiger partial charge in [-0.2, -0.15) is 0 Å². The van der Waals surface area contributed by atoms with Crippen LogP contribution in [-0.2, 0) is 14.3 Å². The molecular weight excluding hydrogens is 360 g/mol. The fourth-order valence-electron chi connectivity index (χ4n) is 2.57. The third-order valence-corrected chi connectivity index (χ3v) is 4.17. The van der Waals surface area contributed by atoms with Crippen LogP contribution in [0.1, 0.15) is 30.4 Å². The fraction of sp³-hybridized carbons (Fsp3) is 0.238. The second kappa shape index (κ2) is 10.6. The number of amides is 1. The molecule has 0 saturated heterocycles. The average Bonchev–Trinajstić information content (AvgIpc) is 2.72. The van der Waals surface area contributed by atoms with E-state index in [0.29, 0.717) is 12.1 Å². The van der Waals surface area contributed by atoms with Crippen LogP contribution in [0.15, 0.2) is 60.7 Å². The number of carbonyl (C=O) groups is 2. The average molecular weight is 382 g/mol. The summed E-state index contributed by atoms with van der Waals surface area (Å²) in [5.41, 5.74) is 1.73. The highest BCUT2D eigenvalue weighted by Gasteiger charge is 2.11. The first kappa shape index (κ1) is 20.8. The van der Waals surface area contributed by atoms with Crippen molar-refractivity contribution in [2.24, 2.45) is 0 Å². The van der Waals surface area contributed by atoms with Crippen LogP contribution in [0.4, 0.5) is 5.69 Å². The van der Waals surface area contributed by atoms with Crippen molar-refractivity contribution in [2.75, 3.05) is 13.2 Å². The van der Waals surface area contributed by atoms with Crippen LogP contribution in [0.2, 0.25) is 0 Å². The van der Waals surface area contributed by atoms with Gasteiger partial charge in [0.05, 0.1) is 4.92 Å². The molecule has 1 amide bonds. The molecule has 0 aliphatic rings. The van der Waals surface area contributed by atoms with Gasteiger partial charge in [0.1, 0.15) is 0 Å². The third kappa shape index (κ3) is 6.68. The van der Waals surface area contributed by atoms with E-state index in [9.17, 15) is 19.7 Å². The van der Waals surface area contributed by atoms with E-state index in [1.807, 2.05) is 37.3 Å². The lowest BCUT2D eigenvalue weighted by molar-refractivity contribution is -0.384. The highest BCUT2D eigenvalue weighted by atomic mass is 16.6. The maximum atomic E-state index is 11.9. The number of ether oxygens (including phenoxy) is 1. The Hall–Kier alpha value is -3.48. The summed E-state index contributed by atoms with van der Waals surface area (Å²) in [7, 11) is 0. The van der Waals surface area contributed by atoms with E-state index in [1.54, 1.807) is 0 Å². The molecule has 0 spiro atoms. The van der Waals surface area contributed by atoms with Gasteiger partial charge in [0.25, 0.3) is 11.6 Å². The van der Waals surface area contributed by atoms with Crippen LogP contribution >= 0.6 is 0 Å². The molecule has 0 unspecified atom stereocenters. The number of benzene rings is 2. The van der Waals surface area contributed by atoms with E-state index in [2.05, 4.69) is 5.32 Å². The zero-order valence-corrected chi connectivity index (χ0v) is 15.5. The van der Waals surface area contributed by atoms with E-state index in [4.69, 9.17) is 4.74 Å². The number of carbonyl (C=O) groups excluding carboxylic acids is 2. The minimum Gasteiger partial charge on any atom is -0.452 e. The van der Waals surface area contributed by atoms with Gasteiger partial charge in [-0.15, -0.1) is 0 Å². The lowest BCUT2D eigenvalue weighted by Gasteiger charge is -2.16. The Bertz CT molecular complexity index is 832. The molecule has 0 heterocycles. The summed E-state index contributed by atoms with van der Waals surface area (Å²) in [5, 5.41) is 13.4. The lowest BCUT2D eigenvalue weighted by atomic mass is 9.96. The molecule has 0 aromatic heterocycles. The first-order chi connectivity index (χ1) is 13.5. The van der Waals surface area contributed by atoms with Gasteiger partial charge in [-0.3, -0.25) is 14.9 Å². The summed E-state index contributed by atoms with van der Waals surface area (Å²) in [4.78, 5) is 33.7. The number of rotatable bonds is 9. The zero-order valence-electron chi connectivity index (χ0n) is 15.5. The van der Waals surface area contributed by atoms with Crippen molar-refractivity contribution in [3.8, 4) is 0 Å². The zero-order chi connectivity index (χ0) is 20.4. The van der Waals surface area contributed by atoms with Crippen molar-refractivity contribution in [3.63, 3.8) is 0 Å². The molecule has 0 aliphatic heterocycles. The monoisotopic (exact) mass is 382 g/mol. The van der Waals surface area contributed by atoms with Gasteiger partial charge in [0.2, 0.25) is 0 Å². The number of nitro groups is 1. The van der Waals surface area contributed by atoms with Crippen LogP contribution in [0, 0.1) is 10.1 Å². The Labute approximate surface area is 163 Å². The smallest absolute Gasteiger partial charge is 0.331 e. The van der Waals surface area contributed by atoms with Gasteiger partial charge in [-0.25, -0.2) is 4.79 Å². The largest absolute Gasteiger partial charge is 0.452 e. The summed E-state index contributed by atoms with van der Waals surface area (Å²) in [6.07, 6.45) is 3.52. The summed E-state index contributed by atoms with van der Waals surface area (Å²) in [5.74, 6) is -0.835. The fourth-order valence-corrected chi connectivity index (χ4v) is 2.57. The Morgan fingerprint density at radius 3 is 2.43 bits per heavy atom. The Kier molecular flexibility index (Phi) is 7.90. The molecule has 7 nitrogen and oxygen atoms in total. The van der Waals surface area contributed by atoms with E-state index in [1.165, 1.54) is 36.4 Å². The van der Waals surface area contributed by atoms with Gasteiger partial charge < -0.3 is 10.1 Å². The molecule has 2 aromatic rings. The van der Waals surface area contributed by atoms with Gasteiger partial charge >= 0.3 is 5.97 Å². The second-order valence-electron chi connectivity index (χ2n) is 6.11. The number of non-ortho nitro benzene ring substituents is 1. The molecule has 0 aliphatic carbocycles. The quantitative estimate of drug-likeness (QED) is 0.310. The van der Waals surface area contributed by atoms with Crippen molar-refractivity contribution < 1.29 is 19.2 Å². The van der Waals surface area contributed by atoms with E-state index < -0.39 is 10.9 Å². The van der Waals surface area contributed by atoms with Gasteiger partial charge in [0.15, 0.2) is 6.61 Å². The Morgan fingerprint density at radius 2 is 1.82 bits per heavy atom. The molecule has 2 aromatic carbocycles. The molecule has 0 radical (unpaired) electrons. The molecule has 0 bridgehead atoms. The second-order valence-corrected chi connectivity index (χ2v) is 6.11. The molecule has 0 saturated carbocycles. The summed E-state index contributed by atoms with van der Waals surface area (Å²) >= 11 is 0. The van der Waals surface area contributed by atoms with Crippen LogP contribution < -0.4 is 5.32 Å². The number of hydrogen-bond donors (Lipinski definition) is 1. The Balaban J connectivity index is 1.75. The highest BCUT2D eigenvalue weighted by molar-refractivity contribution is 5.89. The number of hydrogen-bond acceptors (Lipinski definition) is 5. The van der Waals surface area contributed by atoms with Gasteiger partial charge in [0, 0.05) is 30.7 Å². The number of nitro benzene ring substituents is 1. The molecule has 0 fully saturated rings. The first-order valence-corrected chi connectivity index (χ1v) is 8.90. The molecule has 2 rings (SSSR count). The summed E-state index contributed by atoms with van der Waals surface area (Å²) in [6.45, 7) is 2.15. The highest BCUT2D eigenvalue weighted by Crippen LogP contribution is 2.17. The molecule has 28 heavy (non-hydrogen) atoms. The standard InChI is InChI=1S/C21H22N2O5/c1-2-17(18-6-4-3-5-7-18)14-22-20(24)15-28-21(25)13-10-16-8-11-19(12-9-16)23(26)27/h3-13,17H,2,14-15H2,1H3,(H,22,24)/b13-10+/t17-/m1/s1. The molecule has 1 N–H and O–H groups in total. The normalized spacial score (nSPS) is 11.8. The lowest BCUT2D eigenvalue weighted by Crippen LogP contribution is -2.32. The van der Waals surface area contributed by atoms with E-state index >= 15 is 0 Å². The maximum absolute atomic E-state index is 11.9. The minimum absolute atomic E-state index is 0.0303. The predicted molar refractivity (Wildman–Crippen MR) is 106 cm³/mol. The van der Waals surface area contributed by atoms with E-state index in [0.717, 1.165) is 12.0 Å². The van der Waals surface area contributed by atoms with Gasteiger partial charge in [-0.05, 0) is 35.8 Å². The van der Waals surface area contributed by atoms with Gasteiger partial charge in [-0.1, -0.05) is 37.3 Å². The van der Waals surface area contributed by atoms with Crippen molar-refractivity contribution in [3.05, 3.63) is 81.9 Å². The maximum Gasteiger partial charge on any atom is 0.331 e. The molecule has 146 valence electrons. The van der Waals surface area contributed by atoms with Crippen LogP contribution in [0.3, 0.4) is 0 Å². The number of esters is 1. The van der Waals surface area contributed by atoms with E-state index in [-0.39, 0.29) is 24.1 Å². The number of nitrogens with zero attached hydrogens (tertiary/aromatic N) is 1. The number of nitrogens with one attached hydrogen (secondary N) is 1. The molecule has 1 atom stereocenters. The van der Waals surface area contributed by atoms with Crippen LogP contribution in [0.5, 0.6) is 0 Å². The SMILES string of the molecule is CC[C@H](CNC(=O)COC(=O)/C=C/c1ccc([N+](=O)[O-])cc1)c1ccccc1. The van der Waals surface area contributed by atoms with Crippen molar-refractivity contribution >= 4 is 23.6 Å². The summed E-state index contributed by atoms with van der Waals surface area (Å²) in [6, 6.07) is 15.6. The van der Waals surface area contributed by atoms with Crippen molar-refractivity contribution in [2.45, 2.75) is 19.3 Å². The van der Waals surface area contributed by atoms with Crippen molar-refractivity contribution in [1.82, 2.24) is 5.32 Å². The molecule has 7 heteroatoms. The van der Waals surface area contributed by atoms with Crippen LogP contribution in [-0.4, -0.2) is 30.0 Å². The third-order valence-electron chi connectivity index (χ3n) is 4.17. The van der Waals surface area contributed by atoms with Crippen LogP contribution in [0.25, 0.3) is 6.08 Å².